The first-order chi connectivity index (χ1) is 15.4. The zero-order chi connectivity index (χ0) is 22.8. The number of benzene rings is 3. The number of carbonyl (C=O) groups is 1. The second-order valence-electron chi connectivity index (χ2n) is 6.96. The molecule has 0 spiro atoms. The molecule has 0 atom stereocenters. The van der Waals surface area contributed by atoms with Gasteiger partial charge >= 0.3 is 5.97 Å². The molecule has 0 bridgehead atoms. The summed E-state index contributed by atoms with van der Waals surface area (Å²) in [4.78, 5) is 17.3. The molecule has 0 unspecified atom stereocenters. The van der Waals surface area contributed by atoms with Gasteiger partial charge in [-0.05, 0) is 36.4 Å². The number of esters is 1. The van der Waals surface area contributed by atoms with Gasteiger partial charge in [-0.1, -0.05) is 12.1 Å². The van der Waals surface area contributed by atoms with Gasteiger partial charge in [0.2, 0.25) is 5.75 Å². The Morgan fingerprint density at radius 2 is 1.66 bits per heavy atom. The number of carbonyl (C=O) groups excluding carboxylic acids is 1. The average molecular weight is 436 g/mol. The third-order valence-electron chi connectivity index (χ3n) is 5.05. The van der Waals surface area contributed by atoms with Crippen LogP contribution in [0.1, 0.15) is 10.4 Å². The predicted octanol–water partition coefficient (Wildman–Crippen LogP) is 4.62. The highest BCUT2D eigenvalue weighted by Gasteiger charge is 2.19. The van der Waals surface area contributed by atoms with E-state index >= 15 is 0 Å². The number of nitrogens with zero attached hydrogens (tertiary/aromatic N) is 2. The van der Waals surface area contributed by atoms with Gasteiger partial charge in [0.1, 0.15) is 17.4 Å². The lowest BCUT2D eigenvalue weighted by atomic mass is 10.1. The highest BCUT2D eigenvalue weighted by molar-refractivity contribution is 5.93. The van der Waals surface area contributed by atoms with Gasteiger partial charge in [-0.15, -0.1) is 0 Å². The molecular weight excluding hydrogens is 415 g/mol. The molecule has 0 amide bonds. The van der Waals surface area contributed by atoms with Gasteiger partial charge in [0.15, 0.2) is 11.5 Å². The predicted molar refractivity (Wildman–Crippen MR) is 117 cm³/mol. The molecule has 0 aliphatic carbocycles. The maximum Gasteiger partial charge on any atom is 0.343 e. The smallest absolute Gasteiger partial charge is 0.343 e. The van der Waals surface area contributed by atoms with E-state index in [-0.39, 0.29) is 11.4 Å². The third-order valence-corrected chi connectivity index (χ3v) is 5.05. The van der Waals surface area contributed by atoms with Crippen LogP contribution in [0.3, 0.4) is 0 Å². The lowest BCUT2D eigenvalue weighted by molar-refractivity contribution is 0.0734. The van der Waals surface area contributed by atoms with Gasteiger partial charge in [-0.3, -0.25) is 0 Å². The van der Waals surface area contributed by atoms with E-state index in [1.165, 1.54) is 45.6 Å². The van der Waals surface area contributed by atoms with Crippen LogP contribution < -0.4 is 18.9 Å². The number of aryl methyl sites for hydroxylation is 1. The third kappa shape index (κ3) is 3.82. The molecule has 0 N–H and O–H groups in total. The van der Waals surface area contributed by atoms with Crippen molar-refractivity contribution in [3.63, 3.8) is 0 Å². The topological polar surface area (TPSA) is 71.8 Å². The summed E-state index contributed by atoms with van der Waals surface area (Å²) in [6, 6.07) is 14.5. The monoisotopic (exact) mass is 436 g/mol. The molecule has 7 nitrogen and oxygen atoms in total. The average Bonchev–Trinajstić information content (AvgIpc) is 3.13. The number of hydrogen-bond donors (Lipinski definition) is 0. The van der Waals surface area contributed by atoms with Crippen LogP contribution >= 0.6 is 0 Å². The van der Waals surface area contributed by atoms with Crippen molar-refractivity contribution in [3.8, 4) is 34.4 Å². The standard InChI is InChI=1S/C24H21FN2O5/c1-27-19-9-8-16(25)13-18(19)26-23(27)14-6-5-7-17(10-14)32-24(28)15-11-20(29-2)22(31-4)21(12-15)30-3/h5-13H,1-4H3. The van der Waals surface area contributed by atoms with Crippen LogP contribution in [-0.2, 0) is 7.05 Å². The van der Waals surface area contributed by atoms with Crippen LogP contribution in [-0.4, -0.2) is 36.8 Å². The lowest BCUT2D eigenvalue weighted by Crippen LogP contribution is -2.10. The Hall–Kier alpha value is -4.07. The maximum atomic E-state index is 13.6. The summed E-state index contributed by atoms with van der Waals surface area (Å²) in [5, 5.41) is 0. The van der Waals surface area contributed by atoms with Gasteiger partial charge in [0.25, 0.3) is 0 Å². The first-order valence-corrected chi connectivity index (χ1v) is 9.69. The molecular formula is C24H21FN2O5. The van der Waals surface area contributed by atoms with Crippen LogP contribution in [0.2, 0.25) is 0 Å². The van der Waals surface area contributed by atoms with Gasteiger partial charge in [-0.2, -0.15) is 0 Å². The number of rotatable bonds is 6. The summed E-state index contributed by atoms with van der Waals surface area (Å²) >= 11 is 0. The molecule has 32 heavy (non-hydrogen) atoms. The van der Waals surface area contributed by atoms with Crippen molar-refractivity contribution < 1.29 is 28.1 Å². The summed E-state index contributed by atoms with van der Waals surface area (Å²) in [6.45, 7) is 0. The largest absolute Gasteiger partial charge is 0.493 e. The minimum absolute atomic E-state index is 0.239. The molecule has 4 rings (SSSR count). The van der Waals surface area contributed by atoms with Crippen LogP contribution in [0.4, 0.5) is 4.39 Å². The summed E-state index contributed by atoms with van der Waals surface area (Å²) in [6.07, 6.45) is 0. The van der Waals surface area contributed by atoms with Crippen molar-refractivity contribution in [3.05, 3.63) is 66.0 Å². The molecule has 0 fully saturated rings. The van der Waals surface area contributed by atoms with Gasteiger partial charge in [0.05, 0.1) is 37.9 Å². The fraction of sp³-hybridized carbons (Fsp3) is 0.167. The van der Waals surface area contributed by atoms with E-state index in [9.17, 15) is 9.18 Å². The molecule has 0 saturated carbocycles. The molecule has 164 valence electrons. The number of methoxy groups -OCH3 is 3. The molecule has 4 aromatic rings. The molecule has 8 heteroatoms. The lowest BCUT2D eigenvalue weighted by Gasteiger charge is -2.14. The number of fused-ring (bicyclic) bond motifs is 1. The first-order valence-electron chi connectivity index (χ1n) is 9.69. The highest BCUT2D eigenvalue weighted by atomic mass is 19.1. The van der Waals surface area contributed by atoms with Crippen LogP contribution in [0, 0.1) is 5.82 Å². The molecule has 0 aliphatic heterocycles. The van der Waals surface area contributed by atoms with Crippen molar-refractivity contribution in [2.45, 2.75) is 0 Å². The molecule has 3 aromatic carbocycles. The Kier molecular flexibility index (Phi) is 5.68. The Morgan fingerprint density at radius 3 is 2.31 bits per heavy atom. The van der Waals surface area contributed by atoms with E-state index in [1.807, 2.05) is 17.7 Å². The number of imidazole rings is 1. The Bertz CT molecular complexity index is 1290. The molecule has 0 aliphatic rings. The number of ether oxygens (including phenoxy) is 4. The fourth-order valence-electron chi connectivity index (χ4n) is 3.49. The van der Waals surface area contributed by atoms with Crippen molar-refractivity contribution in [1.82, 2.24) is 9.55 Å². The van der Waals surface area contributed by atoms with E-state index < -0.39 is 5.97 Å². The van der Waals surface area contributed by atoms with Crippen molar-refractivity contribution in [2.24, 2.45) is 7.05 Å². The molecule has 0 saturated heterocycles. The minimum Gasteiger partial charge on any atom is -0.493 e. The van der Waals surface area contributed by atoms with E-state index in [0.29, 0.717) is 34.3 Å². The van der Waals surface area contributed by atoms with Crippen molar-refractivity contribution in [2.75, 3.05) is 21.3 Å². The second-order valence-corrected chi connectivity index (χ2v) is 6.96. The summed E-state index contributed by atoms with van der Waals surface area (Å²) in [5.74, 6) is 1.09. The number of halogens is 1. The molecule has 1 aromatic heterocycles. The summed E-state index contributed by atoms with van der Waals surface area (Å²) in [7, 11) is 6.27. The van der Waals surface area contributed by atoms with Crippen LogP contribution in [0.5, 0.6) is 23.0 Å². The van der Waals surface area contributed by atoms with E-state index in [0.717, 1.165) is 11.1 Å². The van der Waals surface area contributed by atoms with E-state index in [1.54, 1.807) is 24.3 Å². The molecule has 1 heterocycles. The summed E-state index contributed by atoms with van der Waals surface area (Å²) in [5.41, 5.74) is 2.30. The summed E-state index contributed by atoms with van der Waals surface area (Å²) < 4.78 is 36.9. The van der Waals surface area contributed by atoms with Gasteiger partial charge in [-0.25, -0.2) is 14.2 Å². The normalized spacial score (nSPS) is 10.8. The zero-order valence-electron chi connectivity index (χ0n) is 18.0. The number of hydrogen-bond acceptors (Lipinski definition) is 6. The number of aromatic nitrogens is 2. The van der Waals surface area contributed by atoms with Crippen LogP contribution in [0.15, 0.2) is 54.6 Å². The Labute approximate surface area is 183 Å². The van der Waals surface area contributed by atoms with E-state index in [4.69, 9.17) is 18.9 Å². The molecule has 0 radical (unpaired) electrons. The highest BCUT2D eigenvalue weighted by Crippen LogP contribution is 2.38. The van der Waals surface area contributed by atoms with Crippen molar-refractivity contribution >= 4 is 17.0 Å². The Balaban J connectivity index is 1.65. The minimum atomic E-state index is -0.589. The van der Waals surface area contributed by atoms with Crippen molar-refractivity contribution in [1.29, 1.82) is 0 Å². The fourth-order valence-corrected chi connectivity index (χ4v) is 3.49. The zero-order valence-corrected chi connectivity index (χ0v) is 18.0. The van der Waals surface area contributed by atoms with E-state index in [2.05, 4.69) is 4.98 Å². The maximum absolute atomic E-state index is 13.6. The SMILES string of the molecule is COc1cc(C(=O)Oc2cccc(-c3nc4cc(F)ccc4n3C)c2)cc(OC)c1OC. The Morgan fingerprint density at radius 1 is 0.938 bits per heavy atom. The first kappa shape index (κ1) is 21.2. The van der Waals surface area contributed by atoms with Gasteiger partial charge in [0, 0.05) is 18.7 Å². The van der Waals surface area contributed by atoms with Crippen LogP contribution in [0.25, 0.3) is 22.4 Å². The second kappa shape index (κ2) is 8.58. The quantitative estimate of drug-likeness (QED) is 0.324. The van der Waals surface area contributed by atoms with Gasteiger partial charge < -0.3 is 23.5 Å².